The second-order valence-corrected chi connectivity index (χ2v) is 10.5. The van der Waals surface area contributed by atoms with Gasteiger partial charge in [0.15, 0.2) is 21.6 Å². The van der Waals surface area contributed by atoms with E-state index in [4.69, 9.17) is 46.4 Å². The summed E-state index contributed by atoms with van der Waals surface area (Å²) in [6, 6.07) is 0.0356. The molecule has 0 amide bonds. The first-order chi connectivity index (χ1) is 15.6. The number of H-pyrrole nitrogens is 1. The molecular formula is C19H21BrCl4N8O2. The molecule has 1 unspecified atom stereocenters. The van der Waals surface area contributed by atoms with Gasteiger partial charge in [-0.15, -0.1) is 0 Å². The minimum absolute atomic E-state index is 0.0290. The molecule has 184 valence electrons. The first-order valence-corrected chi connectivity index (χ1v) is 12.5. The van der Waals surface area contributed by atoms with Crippen molar-refractivity contribution < 1.29 is 10.2 Å². The van der Waals surface area contributed by atoms with Crippen molar-refractivity contribution in [3.63, 3.8) is 0 Å². The zero-order valence-corrected chi connectivity index (χ0v) is 23.3. The molecule has 10 nitrogen and oxygen atoms in total. The molecule has 4 rings (SSSR count). The van der Waals surface area contributed by atoms with E-state index in [0.29, 0.717) is 39.3 Å². The predicted molar refractivity (Wildman–Crippen MR) is 136 cm³/mol. The van der Waals surface area contributed by atoms with Gasteiger partial charge in [0.05, 0.1) is 0 Å². The van der Waals surface area contributed by atoms with E-state index in [1.165, 1.54) is 0 Å². The van der Waals surface area contributed by atoms with Crippen molar-refractivity contribution in [1.82, 2.24) is 39.5 Å². The van der Waals surface area contributed by atoms with Crippen LogP contribution in [0.1, 0.15) is 52.3 Å². The van der Waals surface area contributed by atoms with Gasteiger partial charge in [0.1, 0.15) is 33.9 Å². The van der Waals surface area contributed by atoms with Gasteiger partial charge >= 0.3 is 0 Å². The summed E-state index contributed by atoms with van der Waals surface area (Å²) in [5.74, 6) is 0.851. The molecule has 0 bridgehead atoms. The second kappa shape index (κ2) is 9.96. The summed E-state index contributed by atoms with van der Waals surface area (Å²) in [6.45, 7) is 8.51. The Morgan fingerprint density at radius 2 is 1.47 bits per heavy atom. The maximum Gasteiger partial charge on any atom is 0.225 e. The number of hydrogen-bond acceptors (Lipinski definition) is 8. The Morgan fingerprint density at radius 3 is 2.03 bits per heavy atom. The number of aromatic amines is 1. The summed E-state index contributed by atoms with van der Waals surface area (Å²) >= 11 is 26.8. The molecule has 0 aromatic carbocycles. The molecule has 0 saturated heterocycles. The Kier molecular flexibility index (Phi) is 7.98. The Labute approximate surface area is 223 Å². The third-order valence-electron chi connectivity index (χ3n) is 4.54. The van der Waals surface area contributed by atoms with E-state index < -0.39 is 11.2 Å². The number of alkyl halides is 1. The first kappa shape index (κ1) is 27.3. The van der Waals surface area contributed by atoms with E-state index in [0.717, 1.165) is 0 Å². The minimum atomic E-state index is -1.12. The molecule has 4 aromatic rings. The summed E-state index contributed by atoms with van der Waals surface area (Å²) in [5, 5.41) is 21.1. The van der Waals surface area contributed by atoms with E-state index in [1.807, 2.05) is 11.5 Å². The van der Waals surface area contributed by atoms with Crippen LogP contribution in [-0.2, 0) is 11.2 Å². The number of nitrogens with one attached hydrogen (secondary N) is 1. The quantitative estimate of drug-likeness (QED) is 0.162. The van der Waals surface area contributed by atoms with E-state index in [2.05, 4.69) is 50.8 Å². The van der Waals surface area contributed by atoms with E-state index >= 15 is 0 Å². The molecule has 4 aromatic heterocycles. The van der Waals surface area contributed by atoms with Crippen LogP contribution in [0.4, 0.5) is 0 Å². The Bertz CT molecular complexity index is 1350. The number of aromatic nitrogens is 8. The molecular weight excluding hydrogens is 594 g/mol. The predicted octanol–water partition coefficient (Wildman–Crippen LogP) is 5.20. The van der Waals surface area contributed by atoms with Gasteiger partial charge in [-0.05, 0) is 57.8 Å². The van der Waals surface area contributed by atoms with Gasteiger partial charge in [-0.1, -0.05) is 39.1 Å². The molecule has 0 aliphatic carbocycles. The van der Waals surface area contributed by atoms with Crippen molar-refractivity contribution in [3.05, 3.63) is 32.5 Å². The highest BCUT2D eigenvalue weighted by Crippen LogP contribution is 2.31. The van der Waals surface area contributed by atoms with Crippen LogP contribution in [0.25, 0.3) is 22.3 Å². The molecule has 0 radical (unpaired) electrons. The highest BCUT2D eigenvalue weighted by Gasteiger charge is 2.29. The number of rotatable bonds is 4. The average Bonchev–Trinajstić information content (AvgIpc) is 3.29. The van der Waals surface area contributed by atoms with Crippen molar-refractivity contribution >= 4 is 84.7 Å². The zero-order chi connectivity index (χ0) is 25.6. The Morgan fingerprint density at radius 1 is 0.882 bits per heavy atom. The summed E-state index contributed by atoms with van der Waals surface area (Å²) in [4.78, 5) is 27.0. The fraction of sp³-hybridized carbons (Fsp3) is 0.474. The second-order valence-electron chi connectivity index (χ2n) is 8.45. The number of nitrogens with zero attached hydrogens (tertiary/aromatic N) is 7. The van der Waals surface area contributed by atoms with Gasteiger partial charge in [-0.25, -0.2) is 19.9 Å². The normalized spacial score (nSPS) is 13.3. The number of aliphatic hydroxyl groups is 2. The molecule has 0 spiro atoms. The van der Waals surface area contributed by atoms with Crippen LogP contribution in [0, 0.1) is 0 Å². The zero-order valence-electron chi connectivity index (χ0n) is 18.7. The van der Waals surface area contributed by atoms with Crippen molar-refractivity contribution in [1.29, 1.82) is 0 Å². The van der Waals surface area contributed by atoms with Crippen molar-refractivity contribution in [2.75, 3.05) is 5.33 Å². The molecule has 0 fully saturated rings. The maximum atomic E-state index is 10.3. The summed E-state index contributed by atoms with van der Waals surface area (Å²) in [7, 11) is 0. The van der Waals surface area contributed by atoms with Crippen molar-refractivity contribution in [2.24, 2.45) is 0 Å². The highest BCUT2D eigenvalue weighted by molar-refractivity contribution is 9.09. The lowest BCUT2D eigenvalue weighted by atomic mass is 10.1. The van der Waals surface area contributed by atoms with Crippen molar-refractivity contribution in [2.45, 2.75) is 51.9 Å². The van der Waals surface area contributed by atoms with Gasteiger partial charge in [-0.3, -0.25) is 0 Å². The van der Waals surface area contributed by atoms with Gasteiger partial charge in [0.2, 0.25) is 10.6 Å². The third kappa shape index (κ3) is 5.72. The monoisotopic (exact) mass is 612 g/mol. The van der Waals surface area contributed by atoms with Gasteiger partial charge in [-0.2, -0.15) is 9.97 Å². The fourth-order valence-electron chi connectivity index (χ4n) is 2.96. The summed E-state index contributed by atoms with van der Waals surface area (Å²) in [5.41, 5.74) is -0.427. The Balaban J connectivity index is 0.000000196. The van der Waals surface area contributed by atoms with Crippen LogP contribution in [0.15, 0.2) is 0 Å². The molecule has 3 N–H and O–H groups in total. The summed E-state index contributed by atoms with van der Waals surface area (Å²) in [6.07, 6.45) is 0. The number of hydrogen-bond donors (Lipinski definition) is 3. The molecule has 1 atom stereocenters. The summed E-state index contributed by atoms with van der Waals surface area (Å²) < 4.78 is 1.82. The van der Waals surface area contributed by atoms with E-state index in [1.54, 1.807) is 27.7 Å². The standard InChI is InChI=1S/C11H13BrCl2N4O.C8H8Cl2N4O/c1-5(4-12)18-8-6(7(13)16-10(14)17-8)15-9(18)11(2,3)19;1-8(2,15)6-11-3-4(9)12-7(10)14-5(3)13-6/h5,19H,4H2,1-3H3;15H,1-2H3,(H,11,12,13,14). The molecule has 4 heterocycles. The third-order valence-corrected chi connectivity index (χ3v) is 6.35. The van der Waals surface area contributed by atoms with Crippen molar-refractivity contribution in [3.8, 4) is 0 Å². The molecule has 0 aliphatic rings. The van der Waals surface area contributed by atoms with Crippen LogP contribution in [0.5, 0.6) is 0 Å². The van der Waals surface area contributed by atoms with E-state index in [9.17, 15) is 10.2 Å². The van der Waals surface area contributed by atoms with Gasteiger partial charge < -0.3 is 19.8 Å². The molecule has 34 heavy (non-hydrogen) atoms. The van der Waals surface area contributed by atoms with Crippen LogP contribution in [-0.4, -0.2) is 55.0 Å². The van der Waals surface area contributed by atoms with Crippen LogP contribution in [0.3, 0.4) is 0 Å². The smallest absolute Gasteiger partial charge is 0.225 e. The topological polar surface area (TPSA) is 139 Å². The van der Waals surface area contributed by atoms with E-state index in [-0.39, 0.29) is 26.9 Å². The Hall–Kier alpha value is -1.34. The average molecular weight is 615 g/mol. The van der Waals surface area contributed by atoms with Crippen LogP contribution < -0.4 is 0 Å². The SMILES string of the molecule is CC(C)(O)c1nc2nc(Cl)nc(Cl)c2[nH]1.CC(CBr)n1c(C(C)(C)O)nc2c(Cl)nc(Cl)nc21. The van der Waals surface area contributed by atoms with Gasteiger partial charge in [0.25, 0.3) is 0 Å². The lowest BCUT2D eigenvalue weighted by molar-refractivity contribution is 0.0642. The number of fused-ring (bicyclic) bond motifs is 2. The largest absolute Gasteiger partial charge is 0.383 e. The maximum absolute atomic E-state index is 10.3. The molecule has 15 heteroatoms. The fourth-order valence-corrected chi connectivity index (χ4v) is 4.09. The minimum Gasteiger partial charge on any atom is -0.383 e. The lowest BCUT2D eigenvalue weighted by Gasteiger charge is -2.21. The molecule has 0 saturated carbocycles. The first-order valence-electron chi connectivity index (χ1n) is 9.84. The van der Waals surface area contributed by atoms with Crippen LogP contribution in [0.2, 0.25) is 20.9 Å². The molecule has 0 aliphatic heterocycles. The van der Waals surface area contributed by atoms with Gasteiger partial charge in [0, 0.05) is 11.4 Å². The lowest BCUT2D eigenvalue weighted by Crippen LogP contribution is -2.24. The highest BCUT2D eigenvalue weighted by atomic mass is 79.9. The number of imidazole rings is 2. The van der Waals surface area contributed by atoms with Crippen LogP contribution >= 0.6 is 62.3 Å². The number of halogens is 5.